The fourth-order valence-corrected chi connectivity index (χ4v) is 7.80. The highest BCUT2D eigenvalue weighted by Crippen LogP contribution is 2.56. The van der Waals surface area contributed by atoms with Crippen LogP contribution in [0.4, 0.5) is 17.2 Å². The Morgan fingerprint density at radius 3 is 2.66 bits per heavy atom. The Labute approximate surface area is 223 Å². The summed E-state index contributed by atoms with van der Waals surface area (Å²) in [5.74, 6) is 0.849. The van der Waals surface area contributed by atoms with Crippen LogP contribution in [-0.4, -0.2) is 49.3 Å². The van der Waals surface area contributed by atoms with E-state index in [4.69, 9.17) is 0 Å². The molecule has 2 amide bonds. The number of carbonyl (C=O) groups excluding carboxylic acids is 2. The van der Waals surface area contributed by atoms with Gasteiger partial charge in [0, 0.05) is 33.9 Å². The summed E-state index contributed by atoms with van der Waals surface area (Å²) in [6.07, 6.45) is 2.62. The number of amides is 2. The normalized spacial score (nSPS) is 21.2. The van der Waals surface area contributed by atoms with Crippen molar-refractivity contribution >= 4 is 60.3 Å². The van der Waals surface area contributed by atoms with E-state index in [2.05, 4.69) is 32.7 Å². The molecule has 3 aliphatic rings. The maximum atomic E-state index is 13.5. The van der Waals surface area contributed by atoms with Crippen LogP contribution in [0.5, 0.6) is 0 Å². The molecule has 0 unspecified atom stereocenters. The van der Waals surface area contributed by atoms with Gasteiger partial charge in [0.2, 0.25) is 0 Å². The molecule has 4 aromatic rings. The fourth-order valence-electron chi connectivity index (χ4n) is 5.56. The van der Waals surface area contributed by atoms with Gasteiger partial charge in [0.1, 0.15) is 0 Å². The van der Waals surface area contributed by atoms with E-state index in [0.717, 1.165) is 28.7 Å². The molecule has 2 aromatic carbocycles. The van der Waals surface area contributed by atoms with Crippen LogP contribution in [0.3, 0.4) is 0 Å². The highest BCUT2D eigenvalue weighted by atomic mass is 32.2. The molecular weight excluding hydrogens is 520 g/mol. The van der Waals surface area contributed by atoms with E-state index < -0.39 is 21.8 Å². The van der Waals surface area contributed by atoms with Crippen LogP contribution in [0, 0.1) is 5.92 Å². The summed E-state index contributed by atoms with van der Waals surface area (Å²) < 4.78 is 24.1. The van der Waals surface area contributed by atoms with Gasteiger partial charge in [-0.05, 0) is 42.0 Å². The molecule has 1 saturated heterocycles. The second kappa shape index (κ2) is 8.64. The van der Waals surface area contributed by atoms with Crippen LogP contribution in [0.1, 0.15) is 38.6 Å². The molecule has 2 fully saturated rings. The van der Waals surface area contributed by atoms with Crippen molar-refractivity contribution in [1.29, 1.82) is 0 Å². The lowest BCUT2D eigenvalue weighted by atomic mass is 10.0. The van der Waals surface area contributed by atoms with Gasteiger partial charge in [-0.2, -0.15) is 0 Å². The third-order valence-electron chi connectivity index (χ3n) is 7.57. The van der Waals surface area contributed by atoms with Gasteiger partial charge in [0.05, 0.1) is 34.4 Å². The van der Waals surface area contributed by atoms with Crippen molar-refractivity contribution in [2.45, 2.75) is 18.4 Å². The Morgan fingerprint density at radius 2 is 1.82 bits per heavy atom. The Hall–Kier alpha value is -3.76. The summed E-state index contributed by atoms with van der Waals surface area (Å²) in [5, 5.41) is 8.51. The van der Waals surface area contributed by atoms with E-state index in [1.54, 1.807) is 6.07 Å². The number of anilines is 3. The number of para-hydroxylation sites is 1. The third-order valence-corrected chi connectivity index (χ3v) is 10.4. The first-order valence-electron chi connectivity index (χ1n) is 12.5. The highest BCUT2D eigenvalue weighted by Gasteiger charge is 2.46. The van der Waals surface area contributed by atoms with Crippen LogP contribution < -0.4 is 15.5 Å². The standard InChI is InChI=1S/C28H24N4O4S2/c33-27(30-18-14-38(35,36)15-18)16-10-23(31-28(34)22-13-37-25-8-4-2-6-20(22)25)26(29-11-16)32-12-17-9-21(17)19-5-1-3-7-24(19)32/h1-8,10-11,13,17-18,21H,9,12,14-15H2,(H,30,33)(H,31,34)/t17-,21-/m1/s1. The van der Waals surface area contributed by atoms with Crippen LogP contribution in [-0.2, 0) is 9.84 Å². The van der Waals surface area contributed by atoms with Gasteiger partial charge in [-0.3, -0.25) is 9.59 Å². The molecule has 0 spiro atoms. The van der Waals surface area contributed by atoms with Crippen molar-refractivity contribution in [3.8, 4) is 0 Å². The molecule has 192 valence electrons. The smallest absolute Gasteiger partial charge is 0.257 e. The lowest BCUT2D eigenvalue weighted by Crippen LogP contribution is -2.52. The summed E-state index contributed by atoms with van der Waals surface area (Å²) in [7, 11) is -3.07. The Kier molecular flexibility index (Phi) is 5.31. The van der Waals surface area contributed by atoms with Gasteiger partial charge in [0.15, 0.2) is 15.7 Å². The molecule has 7 rings (SSSR count). The lowest BCUT2D eigenvalue weighted by molar-refractivity contribution is 0.0940. The van der Waals surface area contributed by atoms with Gasteiger partial charge >= 0.3 is 0 Å². The van der Waals surface area contributed by atoms with Crippen LogP contribution >= 0.6 is 11.3 Å². The monoisotopic (exact) mass is 544 g/mol. The van der Waals surface area contributed by atoms with E-state index in [1.807, 2.05) is 41.8 Å². The molecule has 1 aliphatic carbocycles. The van der Waals surface area contributed by atoms with Crippen molar-refractivity contribution in [2.75, 3.05) is 28.3 Å². The number of thiophene rings is 1. The number of hydrogen-bond acceptors (Lipinski definition) is 7. The summed E-state index contributed by atoms with van der Waals surface area (Å²) in [6.45, 7) is 0.782. The molecule has 4 heterocycles. The Morgan fingerprint density at radius 1 is 1.03 bits per heavy atom. The summed E-state index contributed by atoms with van der Waals surface area (Å²) in [4.78, 5) is 33.3. The largest absolute Gasteiger partial charge is 0.347 e. The first-order valence-corrected chi connectivity index (χ1v) is 15.2. The summed E-state index contributed by atoms with van der Waals surface area (Å²) >= 11 is 1.51. The number of rotatable bonds is 5. The van der Waals surface area contributed by atoms with Gasteiger partial charge < -0.3 is 15.5 Å². The van der Waals surface area contributed by atoms with Gasteiger partial charge in [-0.15, -0.1) is 11.3 Å². The van der Waals surface area contributed by atoms with Gasteiger partial charge in [0.25, 0.3) is 11.8 Å². The van der Waals surface area contributed by atoms with Crippen LogP contribution in [0.2, 0.25) is 0 Å². The Bertz CT molecular complexity index is 1720. The number of aromatic nitrogens is 1. The molecule has 2 atom stereocenters. The number of fused-ring (bicyclic) bond motifs is 4. The number of benzene rings is 2. The SMILES string of the molecule is O=C(NC1CS(=O)(=O)C1)c1cnc(N2C[C@H]3C[C@H]3c3ccccc32)c(NC(=O)c2csc3ccccc23)c1. The molecule has 2 aromatic heterocycles. The van der Waals surface area contributed by atoms with Crippen molar-refractivity contribution in [2.24, 2.45) is 5.92 Å². The molecule has 1 saturated carbocycles. The maximum Gasteiger partial charge on any atom is 0.257 e. The third kappa shape index (κ3) is 4.04. The molecule has 10 heteroatoms. The van der Waals surface area contributed by atoms with E-state index in [-0.39, 0.29) is 23.0 Å². The highest BCUT2D eigenvalue weighted by molar-refractivity contribution is 7.92. The predicted octanol–water partition coefficient (Wildman–Crippen LogP) is 4.33. The molecular formula is C28H24N4O4S2. The van der Waals surface area contributed by atoms with Crippen molar-refractivity contribution in [1.82, 2.24) is 10.3 Å². The molecule has 8 nitrogen and oxygen atoms in total. The number of carbonyl (C=O) groups is 2. The quantitative estimate of drug-likeness (QED) is 0.387. The number of pyridine rings is 1. The first kappa shape index (κ1) is 23.4. The maximum absolute atomic E-state index is 13.5. The van der Waals surface area contributed by atoms with Gasteiger partial charge in [-0.1, -0.05) is 36.4 Å². The zero-order valence-corrected chi connectivity index (χ0v) is 21.9. The zero-order valence-electron chi connectivity index (χ0n) is 20.3. The summed E-state index contributed by atoms with van der Waals surface area (Å²) in [6, 6.07) is 17.2. The minimum absolute atomic E-state index is 0.0633. The van der Waals surface area contributed by atoms with Gasteiger partial charge in [-0.25, -0.2) is 13.4 Å². The van der Waals surface area contributed by atoms with Crippen LogP contribution in [0.15, 0.2) is 66.2 Å². The average molecular weight is 545 g/mol. The predicted molar refractivity (Wildman–Crippen MR) is 148 cm³/mol. The van der Waals surface area contributed by atoms with E-state index in [0.29, 0.717) is 28.9 Å². The number of nitrogens with zero attached hydrogens (tertiary/aromatic N) is 2. The Balaban J connectivity index is 1.25. The molecule has 2 aliphatic heterocycles. The summed E-state index contributed by atoms with van der Waals surface area (Å²) in [5.41, 5.74) is 3.60. The number of nitrogens with one attached hydrogen (secondary N) is 2. The zero-order chi connectivity index (χ0) is 26.0. The number of hydrogen-bond donors (Lipinski definition) is 2. The minimum atomic E-state index is -3.07. The van der Waals surface area contributed by atoms with Crippen molar-refractivity contribution < 1.29 is 18.0 Å². The van der Waals surface area contributed by atoms with E-state index >= 15 is 0 Å². The molecule has 0 bridgehead atoms. The number of sulfone groups is 1. The molecule has 0 radical (unpaired) electrons. The minimum Gasteiger partial charge on any atom is -0.347 e. The average Bonchev–Trinajstić information content (AvgIpc) is 3.56. The van der Waals surface area contributed by atoms with Crippen molar-refractivity contribution in [3.05, 3.63) is 82.9 Å². The lowest BCUT2D eigenvalue weighted by Gasteiger charge is -2.31. The molecule has 2 N–H and O–H groups in total. The molecule has 38 heavy (non-hydrogen) atoms. The fraction of sp³-hybridized carbons (Fsp3) is 0.250. The second-order valence-corrected chi connectivity index (χ2v) is 13.3. The second-order valence-electron chi connectivity index (χ2n) is 10.2. The topological polar surface area (TPSA) is 108 Å². The first-order chi connectivity index (χ1) is 18.4. The van der Waals surface area contributed by atoms with E-state index in [1.165, 1.54) is 23.1 Å². The van der Waals surface area contributed by atoms with E-state index in [9.17, 15) is 18.0 Å². The van der Waals surface area contributed by atoms with Crippen LogP contribution in [0.25, 0.3) is 10.1 Å². The van der Waals surface area contributed by atoms with Crippen molar-refractivity contribution in [3.63, 3.8) is 0 Å².